The molecule has 141 heavy (non-hydrogen) atoms. The largest absolute Gasteiger partial charge is 0.396 e. The Morgan fingerprint density at radius 1 is 0.397 bits per heavy atom. The number of nitrogens with zero attached hydrogens (tertiary/aromatic N) is 14. The van der Waals surface area contributed by atoms with Crippen molar-refractivity contribution in [3.63, 3.8) is 0 Å². The predicted molar refractivity (Wildman–Crippen MR) is 550 cm³/mol. The second-order valence-electron chi connectivity index (χ2n) is 42.4. The number of aryl methyl sites for hydroxylation is 1. The quantitative estimate of drug-likeness (QED) is 0.0614. The van der Waals surface area contributed by atoms with Crippen molar-refractivity contribution in [2.45, 2.75) is 234 Å². The Morgan fingerprint density at radius 2 is 0.752 bits per heavy atom. The van der Waals surface area contributed by atoms with Crippen molar-refractivity contribution in [1.82, 2.24) is 92.5 Å². The highest BCUT2D eigenvalue weighted by Gasteiger charge is 2.57. The normalized spacial score (nSPS) is 26.0. The van der Waals surface area contributed by atoms with Gasteiger partial charge in [0, 0.05) is 256 Å². The highest BCUT2D eigenvalue weighted by Crippen LogP contribution is 2.62. The first-order chi connectivity index (χ1) is 68.8. The second-order valence-corrected chi connectivity index (χ2v) is 43.5. The maximum Gasteiger partial charge on any atom is 0.190 e. The van der Waals surface area contributed by atoms with Crippen LogP contribution in [0.3, 0.4) is 0 Å². The summed E-state index contributed by atoms with van der Waals surface area (Å²) in [7, 11) is 1.79. The fourth-order valence-corrected chi connectivity index (χ4v) is 28.6. The number of aromatic amines is 6. The third-order valence-electron chi connectivity index (χ3n) is 33.9. The Hall–Kier alpha value is -12.9. The number of rotatable bonds is 10. The number of aliphatic hydroxyl groups is 3. The van der Waals surface area contributed by atoms with Crippen LogP contribution in [0.1, 0.15) is 218 Å². The lowest BCUT2D eigenvalue weighted by Gasteiger charge is -2.58. The monoisotopic (exact) mass is 1910 g/mol. The van der Waals surface area contributed by atoms with Crippen LogP contribution in [-0.4, -0.2) is 170 Å². The van der Waals surface area contributed by atoms with E-state index in [0.29, 0.717) is 118 Å². The number of piperidine rings is 1. The number of aliphatic hydroxyl groups excluding tert-OH is 1. The molecule has 12 fully saturated rings. The van der Waals surface area contributed by atoms with E-state index < -0.39 is 11.2 Å². The van der Waals surface area contributed by atoms with Gasteiger partial charge in [-0.3, -0.25) is 33.7 Å². The molecule has 18 aromatic heterocycles. The summed E-state index contributed by atoms with van der Waals surface area (Å²) >= 11 is 1.71. The zero-order valence-corrected chi connectivity index (χ0v) is 80.4. The van der Waals surface area contributed by atoms with Crippen LogP contribution in [0.2, 0.25) is 0 Å². The summed E-state index contributed by atoms with van der Waals surface area (Å²) in [6, 6.07) is 23.0. The molecule has 726 valence electrons. The van der Waals surface area contributed by atoms with Crippen molar-refractivity contribution in [3.8, 4) is 0 Å². The summed E-state index contributed by atoms with van der Waals surface area (Å²) in [6.45, 7) is 6.15. The molecule has 4 atom stereocenters. The van der Waals surface area contributed by atoms with Crippen molar-refractivity contribution in [2.75, 3.05) is 38.3 Å². The molecule has 30 nitrogen and oxygen atoms in total. The molecule has 31 heteroatoms. The number of ether oxygens (including phenoxy) is 1. The lowest BCUT2D eigenvalue weighted by atomic mass is 9.52. The van der Waals surface area contributed by atoms with Gasteiger partial charge < -0.3 is 77.7 Å². The number of nitrogens with one attached hydrogen (secondary N) is 6. The third-order valence-corrected chi connectivity index (χ3v) is 34.8. The van der Waals surface area contributed by atoms with Crippen LogP contribution < -0.4 is 32.0 Å². The highest BCUT2D eigenvalue weighted by molar-refractivity contribution is 7.09. The summed E-state index contributed by atoms with van der Waals surface area (Å²) in [5.74, 6) is 4.02. The molecule has 9 N–H and O–H groups in total. The number of hydrogen-bond acceptors (Lipinski definition) is 20. The number of anilines is 1. The number of thiazole rings is 1. The Kier molecular flexibility index (Phi) is 23.9. The number of Topliss-reactive ketones (excluding diaryl/α,β-unsaturated/α-hetero) is 1. The van der Waals surface area contributed by atoms with Crippen LogP contribution >= 0.6 is 11.3 Å². The number of carbonyl (C=O) groups excluding carboxylic acids is 1. The second kappa shape index (κ2) is 37.2. The molecular weight excluding hydrogens is 1790 g/mol. The molecule has 8 bridgehead atoms. The predicted octanol–water partition coefficient (Wildman–Crippen LogP) is 18.4. The van der Waals surface area contributed by atoms with Crippen LogP contribution in [0.15, 0.2) is 201 Å². The van der Waals surface area contributed by atoms with Crippen molar-refractivity contribution in [2.24, 2.45) is 41.4 Å². The van der Waals surface area contributed by atoms with E-state index in [4.69, 9.17) is 4.74 Å². The van der Waals surface area contributed by atoms with Gasteiger partial charge in [0.15, 0.2) is 32.9 Å². The molecule has 1 saturated heterocycles. The molecule has 4 unspecified atom stereocenters. The average molecular weight is 1910 g/mol. The number of H-pyrrole nitrogens is 6. The fraction of sp³-hybridized carbons (Fsp3) is 0.445. The lowest BCUT2D eigenvalue weighted by molar-refractivity contribution is -0.146. The van der Waals surface area contributed by atoms with E-state index >= 15 is 0 Å². The summed E-state index contributed by atoms with van der Waals surface area (Å²) in [5.41, 5.74) is 12.4. The Bertz CT molecular complexity index is 7910. The number of aromatic nitrogens is 18. The van der Waals surface area contributed by atoms with E-state index in [1.54, 1.807) is 86.0 Å². The minimum atomic E-state index is -0.438. The molecule has 18 aromatic rings. The smallest absolute Gasteiger partial charge is 0.190 e. The molecule has 11 aliphatic carbocycles. The van der Waals surface area contributed by atoms with Crippen molar-refractivity contribution in [1.29, 1.82) is 0 Å². The van der Waals surface area contributed by atoms with E-state index in [0.717, 1.165) is 244 Å². The molecule has 11 saturated carbocycles. The summed E-state index contributed by atoms with van der Waals surface area (Å²) in [6.07, 6.45) is 59.7. The average Bonchev–Trinajstić information content (AvgIpc) is 1.44. The van der Waals surface area contributed by atoms with Crippen molar-refractivity contribution >= 4 is 144 Å². The van der Waals surface area contributed by atoms with Gasteiger partial charge in [-0.05, 0) is 226 Å². The van der Waals surface area contributed by atoms with E-state index in [2.05, 4.69) is 110 Å². The molecule has 20 heterocycles. The number of fused-ring (bicyclic) bond motifs is 18. The lowest BCUT2D eigenvalue weighted by Crippen LogP contribution is -2.55. The van der Waals surface area contributed by atoms with Gasteiger partial charge >= 0.3 is 0 Å². The number of likely N-dealkylation sites (tertiary alicyclic amines) is 1. The molecule has 31 rings (SSSR count). The Morgan fingerprint density at radius 3 is 1.13 bits per heavy atom. The Balaban J connectivity index is 0.0000000918. The van der Waals surface area contributed by atoms with E-state index in [1.807, 2.05) is 105 Å². The van der Waals surface area contributed by atoms with Crippen molar-refractivity contribution in [3.05, 3.63) is 245 Å². The van der Waals surface area contributed by atoms with E-state index in [1.165, 1.54) is 63.5 Å². The summed E-state index contributed by atoms with van der Waals surface area (Å²) < 4.78 is 17.0. The van der Waals surface area contributed by atoms with Gasteiger partial charge in [0.2, 0.25) is 0 Å². The van der Waals surface area contributed by atoms with Gasteiger partial charge in [0.1, 0.15) is 33.9 Å². The van der Waals surface area contributed by atoms with Gasteiger partial charge in [-0.15, -0.1) is 11.3 Å². The number of ketones is 1. The van der Waals surface area contributed by atoms with Gasteiger partial charge in [-0.2, -0.15) is 0 Å². The topological polar surface area (TPSA) is 388 Å². The molecule has 0 spiro atoms. The zero-order valence-electron chi connectivity index (χ0n) is 79.6. The minimum absolute atomic E-state index is 0.0318. The minimum Gasteiger partial charge on any atom is -0.396 e. The number of hydrogen-bond donors (Lipinski definition) is 9. The molecule has 0 aromatic carbocycles. The standard InChI is InChI=1S/C20H21N5OS.2C20H21N3O2.C17H19N3O2.C17H21N3O2.C16H17N3O/c1-13-23-14(12-27-13)11-24-7-3-15(4-8-24)25-9-5-18(26)17-10-22-20-16(19(17)25)2-6-21-20;2*24-16-2-4-23(18-14-1-3-21-19(14)22-10-15(16)18)17-12-5-11-6-13(17)9-20(25,7-11)8-12;1-22-12-4-2-11(3-5-12)20-9-7-15(21)14-10-19-17-13(16(14)20)6-8-18-17;21-10-11-1-3-12(4-2-11)20-8-6-15(22)14-9-19-17-13(16(14)20)5-7-18-17;20-14-7-9-19(11-4-2-1-3-5-11)15-12-6-8-17-16(12)18-10-13(14)15/h2,5-6,9-10,12,15H,3-4,7-8,11H2,1H3,(H,21,22);2*1-4,10-13,17,25H,5-9H2,(H,21,22);6-12H,2-5H2,1H3,(H,18,19);5,7,9,11-12,21H,1-4,6,8,10H2,(H,18,19);6-11H,1-5H2,(H,17,18). The number of carbonyl (C=O) groups is 1. The summed E-state index contributed by atoms with van der Waals surface area (Å²) in [5, 5.41) is 44.1. The maximum atomic E-state index is 12.4. The SMILES string of the molecule is COC1CCC(n2ccc(=O)c3cnc4[nH]ccc4c32)CC1.Cc1nc(CN2CCC(n3ccc(=O)c4cnc5[nH]ccc5c43)CC2)cs1.O=C1CCN(C2CCC(CO)CC2)c2c1cnc1[nH]ccc21.O=c1ccn(C2C3CC4CC2CC(O)(C4)C3)c2c1cnc1[nH]ccc12.O=c1ccn(C2C3CC4CC2CC(O)(C4)C3)c2c1cnc1[nH]ccc12.O=c1ccn(C2CCCCC2)c2c1cnc1[nH]ccc12. The molecular formula is C110H120N20O10S. The van der Waals surface area contributed by atoms with Crippen LogP contribution in [0.4, 0.5) is 5.69 Å². The first-order valence-corrected chi connectivity index (χ1v) is 52.0. The highest BCUT2D eigenvalue weighted by atomic mass is 32.1. The Labute approximate surface area is 814 Å². The van der Waals surface area contributed by atoms with Gasteiger partial charge in [-0.1, -0.05) is 19.3 Å². The van der Waals surface area contributed by atoms with Crippen molar-refractivity contribution < 1.29 is 24.9 Å². The first-order valence-electron chi connectivity index (χ1n) is 51.1. The van der Waals surface area contributed by atoms with E-state index in [-0.39, 0.29) is 32.9 Å². The molecule has 0 amide bonds. The molecule has 2 aliphatic heterocycles. The molecule has 13 aliphatic rings. The van der Waals surface area contributed by atoms with Gasteiger partial charge in [0.25, 0.3) is 0 Å². The number of methoxy groups -OCH3 is 1. The number of pyridine rings is 11. The van der Waals surface area contributed by atoms with E-state index in [9.17, 15) is 44.1 Å². The van der Waals surface area contributed by atoms with Crippen LogP contribution in [0, 0.1) is 48.3 Å². The first kappa shape index (κ1) is 90.6. The van der Waals surface area contributed by atoms with Crippen LogP contribution in [0.25, 0.3) is 121 Å². The fourth-order valence-electron chi connectivity index (χ4n) is 28.0. The molecule has 0 radical (unpaired) electrons. The van der Waals surface area contributed by atoms with Gasteiger partial charge in [-0.25, -0.2) is 34.9 Å². The van der Waals surface area contributed by atoms with Gasteiger partial charge in [0.05, 0.1) is 93.8 Å². The van der Waals surface area contributed by atoms with Crippen LogP contribution in [0.5, 0.6) is 0 Å². The third kappa shape index (κ3) is 16.8. The summed E-state index contributed by atoms with van der Waals surface area (Å²) in [4.78, 5) is 128. The maximum absolute atomic E-state index is 12.4. The van der Waals surface area contributed by atoms with Crippen LogP contribution in [-0.2, 0) is 11.3 Å². The zero-order chi connectivity index (χ0) is 95.6.